The Morgan fingerprint density at radius 2 is 1.65 bits per heavy atom. The summed E-state index contributed by atoms with van der Waals surface area (Å²) in [6.45, 7) is 0.758. The van der Waals surface area contributed by atoms with Gasteiger partial charge in [0.1, 0.15) is 0 Å². The fraction of sp³-hybridized carbons (Fsp3) is 0.0714. The summed E-state index contributed by atoms with van der Waals surface area (Å²) in [5, 5.41) is 0.813. The Hall–Kier alpha value is -1.87. The van der Waals surface area contributed by atoms with E-state index in [9.17, 15) is 4.79 Å². The van der Waals surface area contributed by atoms with E-state index in [1.165, 1.54) is 17.1 Å². The lowest BCUT2D eigenvalue weighted by Gasteiger charge is -2.03. The number of para-hydroxylation sites is 1. The molecule has 2 nitrogen and oxygen atoms in total. The maximum absolute atomic E-state index is 11.8. The molecule has 0 fully saturated rings. The number of rotatable bonds is 2. The van der Waals surface area contributed by atoms with Gasteiger partial charge in [-0.15, -0.1) is 0 Å². The van der Waals surface area contributed by atoms with E-state index in [-0.39, 0.29) is 4.74 Å². The van der Waals surface area contributed by atoms with Gasteiger partial charge in [0.25, 0.3) is 4.74 Å². The third kappa shape index (κ3) is 1.89. The summed E-state index contributed by atoms with van der Waals surface area (Å²) < 4.78 is 2.18. The van der Waals surface area contributed by atoms with Crippen LogP contribution in [-0.2, 0) is 6.54 Å². The van der Waals surface area contributed by atoms with Crippen LogP contribution < -0.4 is 4.74 Å². The molecule has 0 spiro atoms. The summed E-state index contributed by atoms with van der Waals surface area (Å²) in [6.07, 6.45) is 0. The van der Waals surface area contributed by atoms with Crippen molar-refractivity contribution in [3.05, 3.63) is 69.7 Å². The number of benzene rings is 2. The lowest BCUT2D eigenvalue weighted by Crippen LogP contribution is -1.95. The minimum absolute atomic E-state index is 0.136. The molecule has 0 aliphatic carbocycles. The van der Waals surface area contributed by atoms with Gasteiger partial charge in [0, 0.05) is 0 Å². The van der Waals surface area contributed by atoms with Gasteiger partial charge in [-0.25, -0.2) is 0 Å². The third-order valence-corrected chi connectivity index (χ3v) is 3.69. The highest BCUT2D eigenvalue weighted by molar-refractivity contribution is 7.05. The molecule has 17 heavy (non-hydrogen) atoms. The molecule has 0 atom stereocenters. The summed E-state index contributed by atoms with van der Waals surface area (Å²) in [7, 11) is 0. The summed E-state index contributed by atoms with van der Waals surface area (Å²) in [6, 6.07) is 17.9. The van der Waals surface area contributed by atoms with Gasteiger partial charge >= 0.3 is 0 Å². The maximum atomic E-state index is 11.8. The molecule has 0 saturated carbocycles. The van der Waals surface area contributed by atoms with Crippen LogP contribution in [-0.4, -0.2) is 3.96 Å². The van der Waals surface area contributed by atoms with Crippen LogP contribution >= 0.6 is 11.5 Å². The zero-order chi connectivity index (χ0) is 11.7. The summed E-state index contributed by atoms with van der Waals surface area (Å²) >= 11 is 1.28. The Morgan fingerprint density at radius 3 is 2.47 bits per heavy atom. The minimum Gasteiger partial charge on any atom is -0.290 e. The largest absolute Gasteiger partial charge is 0.290 e. The standard InChI is InChI=1S/C14H11NOS/c16-14-12-8-4-5-9-13(12)15(17-14)10-11-6-2-1-3-7-11/h1-9H,10H2. The van der Waals surface area contributed by atoms with Gasteiger partial charge in [-0.3, -0.25) is 8.75 Å². The van der Waals surface area contributed by atoms with E-state index in [2.05, 4.69) is 12.1 Å². The average Bonchev–Trinajstić information content (AvgIpc) is 2.69. The number of fused-ring (bicyclic) bond motifs is 1. The zero-order valence-electron chi connectivity index (χ0n) is 9.17. The van der Waals surface area contributed by atoms with E-state index in [4.69, 9.17) is 0 Å². The SMILES string of the molecule is O=c1sn(Cc2ccccc2)c2ccccc12. The van der Waals surface area contributed by atoms with Crippen molar-refractivity contribution in [3.8, 4) is 0 Å². The van der Waals surface area contributed by atoms with E-state index >= 15 is 0 Å². The molecule has 0 amide bonds. The van der Waals surface area contributed by atoms with E-state index in [0.29, 0.717) is 0 Å². The molecule has 1 aromatic heterocycles. The monoisotopic (exact) mass is 241 g/mol. The van der Waals surface area contributed by atoms with Gasteiger partial charge in [0.15, 0.2) is 0 Å². The van der Waals surface area contributed by atoms with E-state index in [1.807, 2.05) is 46.4 Å². The normalized spacial score (nSPS) is 10.8. The lowest BCUT2D eigenvalue weighted by molar-refractivity contribution is 0.915. The molecular weight excluding hydrogens is 230 g/mol. The third-order valence-electron chi connectivity index (χ3n) is 2.75. The molecule has 1 heterocycles. The second-order valence-electron chi connectivity index (χ2n) is 3.92. The highest BCUT2D eigenvalue weighted by Gasteiger charge is 2.06. The first-order chi connectivity index (χ1) is 8.34. The van der Waals surface area contributed by atoms with E-state index < -0.39 is 0 Å². The van der Waals surface area contributed by atoms with Crippen LogP contribution in [0, 0.1) is 0 Å². The second-order valence-corrected chi connectivity index (χ2v) is 4.91. The lowest BCUT2D eigenvalue weighted by atomic mass is 10.2. The van der Waals surface area contributed by atoms with Gasteiger partial charge in [-0.1, -0.05) is 42.5 Å². The van der Waals surface area contributed by atoms with Crippen molar-refractivity contribution < 1.29 is 0 Å². The Bertz CT molecular complexity index is 697. The Morgan fingerprint density at radius 1 is 0.941 bits per heavy atom. The number of hydrogen-bond acceptors (Lipinski definition) is 2. The molecule has 0 aliphatic heterocycles. The van der Waals surface area contributed by atoms with Crippen LogP contribution in [0.2, 0.25) is 0 Å². The highest BCUT2D eigenvalue weighted by Crippen LogP contribution is 2.15. The van der Waals surface area contributed by atoms with Gasteiger partial charge in [0.05, 0.1) is 17.4 Å². The minimum atomic E-state index is 0.136. The van der Waals surface area contributed by atoms with Gasteiger partial charge in [-0.05, 0) is 29.2 Å². The molecule has 0 aliphatic rings. The van der Waals surface area contributed by atoms with Crippen molar-refractivity contribution in [2.75, 3.05) is 0 Å². The molecule has 0 bridgehead atoms. The summed E-state index contributed by atoms with van der Waals surface area (Å²) in [5.74, 6) is 0. The Balaban J connectivity index is 2.10. The number of nitrogens with zero attached hydrogens (tertiary/aromatic N) is 1. The van der Waals surface area contributed by atoms with Crippen molar-refractivity contribution in [3.63, 3.8) is 0 Å². The smallest absolute Gasteiger partial charge is 0.257 e. The van der Waals surface area contributed by atoms with Gasteiger partial charge in [-0.2, -0.15) is 0 Å². The fourth-order valence-corrected chi connectivity index (χ4v) is 2.87. The molecule has 84 valence electrons. The molecule has 0 saturated heterocycles. The molecule has 0 radical (unpaired) electrons. The van der Waals surface area contributed by atoms with Gasteiger partial charge < -0.3 is 0 Å². The first-order valence-corrected chi connectivity index (χ1v) is 6.25. The first-order valence-electron chi connectivity index (χ1n) is 5.47. The number of hydrogen-bond donors (Lipinski definition) is 0. The maximum Gasteiger partial charge on any atom is 0.257 e. The van der Waals surface area contributed by atoms with Crippen molar-refractivity contribution in [2.24, 2.45) is 0 Å². The predicted molar refractivity (Wildman–Crippen MR) is 71.6 cm³/mol. The summed E-state index contributed by atoms with van der Waals surface area (Å²) in [4.78, 5) is 11.8. The van der Waals surface area contributed by atoms with Crippen LogP contribution in [0.5, 0.6) is 0 Å². The Labute approximate surface area is 103 Å². The fourth-order valence-electron chi connectivity index (χ4n) is 1.93. The van der Waals surface area contributed by atoms with Crippen molar-refractivity contribution in [2.45, 2.75) is 6.54 Å². The van der Waals surface area contributed by atoms with E-state index in [0.717, 1.165) is 17.4 Å². The van der Waals surface area contributed by atoms with Crippen LogP contribution in [0.15, 0.2) is 59.4 Å². The highest BCUT2D eigenvalue weighted by atomic mass is 32.1. The van der Waals surface area contributed by atoms with Crippen LogP contribution in [0.1, 0.15) is 5.56 Å². The molecule has 0 unspecified atom stereocenters. The molecular formula is C14H11NOS. The van der Waals surface area contributed by atoms with Gasteiger partial charge in [0.2, 0.25) is 0 Å². The molecule has 0 N–H and O–H groups in total. The van der Waals surface area contributed by atoms with Crippen molar-refractivity contribution in [1.82, 2.24) is 3.96 Å². The first kappa shape index (κ1) is 10.3. The van der Waals surface area contributed by atoms with Crippen LogP contribution in [0.25, 0.3) is 10.9 Å². The Kier molecular flexibility index (Phi) is 2.53. The number of aromatic nitrogens is 1. The summed E-state index contributed by atoms with van der Waals surface area (Å²) in [5.41, 5.74) is 2.23. The van der Waals surface area contributed by atoms with Crippen LogP contribution in [0.4, 0.5) is 0 Å². The molecule has 3 heteroatoms. The average molecular weight is 241 g/mol. The second kappa shape index (κ2) is 4.18. The van der Waals surface area contributed by atoms with Crippen molar-refractivity contribution >= 4 is 22.4 Å². The quantitative estimate of drug-likeness (QED) is 0.675. The molecule has 2 aromatic carbocycles. The topological polar surface area (TPSA) is 22.0 Å². The molecule has 3 aromatic rings. The predicted octanol–water partition coefficient (Wildman–Crippen LogP) is 3.11. The van der Waals surface area contributed by atoms with E-state index in [1.54, 1.807) is 0 Å². The van der Waals surface area contributed by atoms with Crippen molar-refractivity contribution in [1.29, 1.82) is 0 Å². The zero-order valence-corrected chi connectivity index (χ0v) is 9.98. The molecule has 3 rings (SSSR count). The van der Waals surface area contributed by atoms with Crippen LogP contribution in [0.3, 0.4) is 0 Å².